The van der Waals surface area contributed by atoms with E-state index < -0.39 is 24.0 Å². The summed E-state index contributed by atoms with van der Waals surface area (Å²) in [6, 6.07) is 12.7. The Kier molecular flexibility index (Phi) is 5.89. The van der Waals surface area contributed by atoms with E-state index in [1.165, 1.54) is 12.1 Å². The summed E-state index contributed by atoms with van der Waals surface area (Å²) in [5.41, 5.74) is 8.44. The smallest absolute Gasteiger partial charge is 0.190 e. The minimum atomic E-state index is -1.10. The summed E-state index contributed by atoms with van der Waals surface area (Å²) in [7, 11) is 0. The van der Waals surface area contributed by atoms with Crippen LogP contribution in [-0.2, 0) is 9.53 Å². The highest BCUT2D eigenvalue weighted by molar-refractivity contribution is 5.77. The van der Waals surface area contributed by atoms with Gasteiger partial charge in [0.25, 0.3) is 0 Å². The molecule has 0 radical (unpaired) electrons. The van der Waals surface area contributed by atoms with Gasteiger partial charge in [-0.15, -0.1) is 5.10 Å². The number of carbonyl (C=O) groups excluding carboxylic acids is 1. The van der Waals surface area contributed by atoms with Crippen LogP contribution in [0.15, 0.2) is 54.7 Å². The standard InChI is InChI=1S/C23H19F2N7O3/c24-18-2-1-3-19(21(18)25)32-23(28-29-30-32)17-8-14(9-27-22(17)26)13-4-6-15(7-5-13)31-10-16(11-33)35-20(31)12-34/h1-9,12,16,20,33H,10-11H2,(H2,26,27). The Balaban J connectivity index is 1.48. The fourth-order valence-electron chi connectivity index (χ4n) is 3.93. The molecule has 3 N–H and O–H groups in total. The van der Waals surface area contributed by atoms with Gasteiger partial charge >= 0.3 is 0 Å². The number of carbonyl (C=O) groups is 1. The summed E-state index contributed by atoms with van der Waals surface area (Å²) < 4.78 is 34.7. The van der Waals surface area contributed by atoms with Gasteiger partial charge in [0.05, 0.1) is 12.2 Å². The number of halogens is 2. The summed E-state index contributed by atoms with van der Waals surface area (Å²) in [4.78, 5) is 17.3. The Morgan fingerprint density at radius 3 is 2.71 bits per heavy atom. The van der Waals surface area contributed by atoms with E-state index in [1.807, 2.05) is 24.3 Å². The van der Waals surface area contributed by atoms with E-state index in [2.05, 4.69) is 20.5 Å². The molecule has 35 heavy (non-hydrogen) atoms. The molecule has 1 aliphatic rings. The zero-order chi connectivity index (χ0) is 24.5. The van der Waals surface area contributed by atoms with Gasteiger partial charge < -0.3 is 20.5 Å². The van der Waals surface area contributed by atoms with Crippen molar-refractivity contribution in [3.63, 3.8) is 0 Å². The molecule has 10 nitrogen and oxygen atoms in total. The lowest BCUT2D eigenvalue weighted by molar-refractivity contribution is -0.117. The summed E-state index contributed by atoms with van der Waals surface area (Å²) in [6.45, 7) is 0.198. The van der Waals surface area contributed by atoms with Crippen LogP contribution in [0.5, 0.6) is 0 Å². The first-order chi connectivity index (χ1) is 17.0. The van der Waals surface area contributed by atoms with E-state index in [9.17, 15) is 18.7 Å². The van der Waals surface area contributed by atoms with Crippen molar-refractivity contribution in [2.75, 3.05) is 23.8 Å². The minimum absolute atomic E-state index is 0.0936. The molecule has 2 aromatic heterocycles. The van der Waals surface area contributed by atoms with Gasteiger partial charge in [0.15, 0.2) is 30.0 Å². The van der Waals surface area contributed by atoms with Crippen LogP contribution in [0.25, 0.3) is 28.2 Å². The number of benzene rings is 2. The van der Waals surface area contributed by atoms with Crippen LogP contribution in [0.2, 0.25) is 0 Å². The van der Waals surface area contributed by atoms with Crippen LogP contribution in [0.4, 0.5) is 20.3 Å². The molecule has 4 aromatic rings. The van der Waals surface area contributed by atoms with Crippen molar-refractivity contribution in [2.45, 2.75) is 12.3 Å². The van der Waals surface area contributed by atoms with Gasteiger partial charge in [0, 0.05) is 24.0 Å². The van der Waals surface area contributed by atoms with E-state index in [0.717, 1.165) is 22.0 Å². The topological polar surface area (TPSA) is 132 Å². The predicted molar refractivity (Wildman–Crippen MR) is 121 cm³/mol. The molecule has 0 saturated carbocycles. The van der Waals surface area contributed by atoms with Gasteiger partial charge in [-0.2, -0.15) is 4.68 Å². The Labute approximate surface area is 197 Å². The number of aliphatic hydroxyl groups is 1. The highest BCUT2D eigenvalue weighted by Gasteiger charge is 2.32. The maximum absolute atomic E-state index is 14.4. The summed E-state index contributed by atoms with van der Waals surface area (Å²) in [5, 5.41) is 20.7. The quantitative estimate of drug-likeness (QED) is 0.398. The van der Waals surface area contributed by atoms with E-state index in [1.54, 1.807) is 17.2 Å². The molecule has 0 spiro atoms. The fraction of sp³-hybridized carbons (Fsp3) is 0.174. The van der Waals surface area contributed by atoms with Crippen molar-refractivity contribution in [3.8, 4) is 28.2 Å². The molecule has 1 aliphatic heterocycles. The van der Waals surface area contributed by atoms with Crippen molar-refractivity contribution in [1.29, 1.82) is 0 Å². The number of rotatable bonds is 6. The highest BCUT2D eigenvalue weighted by Crippen LogP contribution is 2.32. The van der Waals surface area contributed by atoms with Gasteiger partial charge in [0.1, 0.15) is 17.6 Å². The van der Waals surface area contributed by atoms with Crippen molar-refractivity contribution in [2.24, 2.45) is 0 Å². The van der Waals surface area contributed by atoms with Crippen LogP contribution in [0.3, 0.4) is 0 Å². The van der Waals surface area contributed by atoms with Crippen molar-refractivity contribution in [1.82, 2.24) is 25.2 Å². The lowest BCUT2D eigenvalue weighted by atomic mass is 10.0. The molecule has 3 heterocycles. The van der Waals surface area contributed by atoms with Gasteiger partial charge in [-0.25, -0.2) is 13.8 Å². The van der Waals surface area contributed by atoms with Crippen molar-refractivity contribution < 1.29 is 23.4 Å². The van der Waals surface area contributed by atoms with Crippen LogP contribution in [-0.4, -0.2) is 62.1 Å². The number of anilines is 2. The molecule has 0 aliphatic carbocycles. The third kappa shape index (κ3) is 4.09. The van der Waals surface area contributed by atoms with Gasteiger partial charge in [-0.3, -0.25) is 4.79 Å². The number of nitrogen functional groups attached to an aromatic ring is 1. The third-order valence-corrected chi connectivity index (χ3v) is 5.68. The number of pyridine rings is 1. The van der Waals surface area contributed by atoms with Crippen LogP contribution in [0.1, 0.15) is 0 Å². The third-order valence-electron chi connectivity index (χ3n) is 5.68. The number of hydrogen-bond acceptors (Lipinski definition) is 9. The minimum Gasteiger partial charge on any atom is -0.394 e. The second-order valence-electron chi connectivity index (χ2n) is 7.81. The number of aliphatic hydroxyl groups excluding tert-OH is 1. The summed E-state index contributed by atoms with van der Waals surface area (Å²) in [5.74, 6) is -1.93. The first kappa shape index (κ1) is 22.5. The Morgan fingerprint density at radius 1 is 1.17 bits per heavy atom. The lowest BCUT2D eigenvalue weighted by Crippen LogP contribution is -2.31. The maximum atomic E-state index is 14.4. The number of nitrogens with two attached hydrogens (primary N) is 1. The van der Waals surface area contributed by atoms with Gasteiger partial charge in [-0.05, 0) is 46.3 Å². The van der Waals surface area contributed by atoms with Crippen LogP contribution >= 0.6 is 0 Å². The molecule has 12 heteroatoms. The van der Waals surface area contributed by atoms with Crippen LogP contribution in [0, 0.1) is 11.6 Å². The first-order valence-electron chi connectivity index (χ1n) is 10.6. The van der Waals surface area contributed by atoms with E-state index in [4.69, 9.17) is 10.5 Å². The van der Waals surface area contributed by atoms with E-state index in [-0.39, 0.29) is 23.9 Å². The number of ether oxygens (including phenoxy) is 1. The summed E-state index contributed by atoms with van der Waals surface area (Å²) in [6.07, 6.45) is 1.04. The molecule has 178 valence electrons. The number of tetrazole rings is 1. The molecular weight excluding hydrogens is 460 g/mol. The number of aromatic nitrogens is 5. The second kappa shape index (κ2) is 9.16. The van der Waals surface area contributed by atoms with E-state index >= 15 is 0 Å². The molecule has 1 saturated heterocycles. The average Bonchev–Trinajstić information content (AvgIpc) is 3.53. The first-order valence-corrected chi connectivity index (χ1v) is 10.6. The number of nitrogens with zero attached hydrogens (tertiary/aromatic N) is 6. The Morgan fingerprint density at radius 2 is 1.97 bits per heavy atom. The monoisotopic (exact) mass is 479 g/mol. The van der Waals surface area contributed by atoms with Crippen molar-refractivity contribution in [3.05, 3.63) is 66.4 Å². The largest absolute Gasteiger partial charge is 0.394 e. The normalized spacial score (nSPS) is 17.6. The Bertz CT molecular complexity index is 1380. The lowest BCUT2D eigenvalue weighted by Gasteiger charge is -2.21. The SMILES string of the molecule is Nc1ncc(-c2ccc(N3CC(CO)OC3C=O)cc2)cc1-c1nnnn1-c1cccc(F)c1F. The molecule has 2 atom stereocenters. The highest BCUT2D eigenvalue weighted by atomic mass is 19.2. The molecule has 5 rings (SSSR count). The molecule has 2 aromatic carbocycles. The van der Waals surface area contributed by atoms with Gasteiger partial charge in [0.2, 0.25) is 0 Å². The fourth-order valence-corrected chi connectivity index (χ4v) is 3.93. The molecule has 2 unspecified atom stereocenters. The maximum Gasteiger partial charge on any atom is 0.190 e. The zero-order valence-electron chi connectivity index (χ0n) is 18.1. The second-order valence-corrected chi connectivity index (χ2v) is 7.81. The van der Waals surface area contributed by atoms with E-state index in [0.29, 0.717) is 24.0 Å². The molecule has 0 bridgehead atoms. The average molecular weight is 479 g/mol. The molecule has 1 fully saturated rings. The predicted octanol–water partition coefficient (Wildman–Crippen LogP) is 1.97. The summed E-state index contributed by atoms with van der Waals surface area (Å²) >= 11 is 0. The van der Waals surface area contributed by atoms with Crippen molar-refractivity contribution >= 4 is 17.8 Å². The van der Waals surface area contributed by atoms with Crippen LogP contribution < -0.4 is 10.6 Å². The zero-order valence-corrected chi connectivity index (χ0v) is 18.1. The molecule has 0 amide bonds. The number of hydrogen-bond donors (Lipinski definition) is 2. The Hall–Kier alpha value is -4.29. The molecular formula is C23H19F2N7O3. The number of aldehydes is 1. The van der Waals surface area contributed by atoms with Gasteiger partial charge in [-0.1, -0.05) is 18.2 Å².